The maximum absolute atomic E-state index is 12.5. The summed E-state index contributed by atoms with van der Waals surface area (Å²) < 4.78 is 28.2. The van der Waals surface area contributed by atoms with E-state index in [1.807, 2.05) is 25.3 Å². The number of hydrogen-bond donors (Lipinski definition) is 2. The van der Waals surface area contributed by atoms with Gasteiger partial charge in [0.05, 0.1) is 21.2 Å². The number of imidazole rings is 1. The molecule has 1 atom stereocenters. The third-order valence-corrected chi connectivity index (χ3v) is 7.48. The monoisotopic (exact) mass is 483 g/mol. The number of aryl methyl sites for hydroxylation is 1. The van der Waals surface area contributed by atoms with Crippen LogP contribution in [0.5, 0.6) is 0 Å². The van der Waals surface area contributed by atoms with E-state index in [1.54, 1.807) is 25.1 Å². The standard InChI is InChI=1S/C21H33N5O4S2/c1-8-9-12-26-17-11-10-15(32(29,30)25(6)7)13-16(17)22-20(26)31-14(2)18(27)23-19(28)24-21(3,4)5/h10-11,13-14H,8-9,12H2,1-7H3,(H2,23,24,27,28). The van der Waals surface area contributed by atoms with Crippen molar-refractivity contribution in [1.29, 1.82) is 0 Å². The molecule has 0 radical (unpaired) electrons. The van der Waals surface area contributed by atoms with E-state index in [1.165, 1.54) is 25.9 Å². The minimum Gasteiger partial charge on any atom is -0.333 e. The molecular formula is C21H33N5O4S2. The van der Waals surface area contributed by atoms with E-state index < -0.39 is 32.8 Å². The second-order valence-corrected chi connectivity index (χ2v) is 12.3. The first kappa shape index (κ1) is 26.1. The van der Waals surface area contributed by atoms with Gasteiger partial charge in [-0.1, -0.05) is 25.1 Å². The molecule has 2 N–H and O–H groups in total. The largest absolute Gasteiger partial charge is 0.333 e. The smallest absolute Gasteiger partial charge is 0.321 e. The molecule has 3 amide bonds. The summed E-state index contributed by atoms with van der Waals surface area (Å²) in [4.78, 5) is 29.3. The van der Waals surface area contributed by atoms with Gasteiger partial charge in [-0.2, -0.15) is 0 Å². The zero-order valence-electron chi connectivity index (χ0n) is 19.7. The topological polar surface area (TPSA) is 113 Å². The summed E-state index contributed by atoms with van der Waals surface area (Å²) >= 11 is 1.23. The van der Waals surface area contributed by atoms with Gasteiger partial charge in [0.25, 0.3) is 0 Å². The molecule has 2 aromatic rings. The van der Waals surface area contributed by atoms with E-state index in [9.17, 15) is 18.0 Å². The van der Waals surface area contributed by atoms with Crippen molar-refractivity contribution >= 4 is 44.8 Å². The predicted octanol–water partition coefficient (Wildman–Crippen LogP) is 3.19. The number of benzene rings is 1. The van der Waals surface area contributed by atoms with Gasteiger partial charge in [0.15, 0.2) is 5.16 Å². The molecule has 178 valence electrons. The van der Waals surface area contributed by atoms with E-state index in [0.717, 1.165) is 22.7 Å². The van der Waals surface area contributed by atoms with Crippen LogP contribution in [0.4, 0.5) is 4.79 Å². The molecule has 1 aromatic heterocycles. The molecule has 32 heavy (non-hydrogen) atoms. The van der Waals surface area contributed by atoms with Crippen molar-refractivity contribution in [3.05, 3.63) is 18.2 Å². The number of nitrogens with zero attached hydrogens (tertiary/aromatic N) is 3. The van der Waals surface area contributed by atoms with Crippen LogP contribution in [0.2, 0.25) is 0 Å². The number of hydrogen-bond acceptors (Lipinski definition) is 6. The number of urea groups is 1. The molecule has 0 spiro atoms. The molecule has 0 aliphatic rings. The van der Waals surface area contributed by atoms with E-state index in [0.29, 0.717) is 17.2 Å². The summed E-state index contributed by atoms with van der Waals surface area (Å²) in [6, 6.07) is 4.33. The average Bonchev–Trinajstić information content (AvgIpc) is 3.00. The summed E-state index contributed by atoms with van der Waals surface area (Å²) in [6.07, 6.45) is 1.88. The van der Waals surface area contributed by atoms with Crippen LogP contribution in [-0.4, -0.2) is 59.1 Å². The highest BCUT2D eigenvalue weighted by molar-refractivity contribution is 8.00. The lowest BCUT2D eigenvalue weighted by atomic mass is 10.1. The summed E-state index contributed by atoms with van der Waals surface area (Å²) in [5.41, 5.74) is 0.890. The number of unbranched alkanes of at least 4 members (excludes halogenated alkanes) is 1. The van der Waals surface area contributed by atoms with Crippen molar-refractivity contribution in [2.75, 3.05) is 14.1 Å². The molecule has 2 rings (SSSR count). The van der Waals surface area contributed by atoms with E-state index in [-0.39, 0.29) is 4.90 Å². The molecule has 1 aromatic carbocycles. The fourth-order valence-corrected chi connectivity index (χ4v) is 4.75. The number of rotatable bonds is 8. The molecule has 0 bridgehead atoms. The Morgan fingerprint density at radius 2 is 1.91 bits per heavy atom. The Balaban J connectivity index is 2.33. The number of carbonyl (C=O) groups is 2. The lowest BCUT2D eigenvalue weighted by molar-refractivity contribution is -0.119. The number of amides is 3. The normalized spacial score (nSPS) is 13.4. The molecule has 0 saturated heterocycles. The second kappa shape index (κ2) is 10.2. The number of nitrogens with one attached hydrogen (secondary N) is 2. The molecule has 1 unspecified atom stereocenters. The SMILES string of the molecule is CCCCn1c(SC(C)C(=O)NC(=O)NC(C)(C)C)nc2cc(S(=O)(=O)N(C)C)ccc21. The van der Waals surface area contributed by atoms with Gasteiger partial charge < -0.3 is 9.88 Å². The second-order valence-electron chi connectivity index (χ2n) is 8.79. The van der Waals surface area contributed by atoms with Crippen LogP contribution in [-0.2, 0) is 21.4 Å². The number of thioether (sulfide) groups is 1. The van der Waals surface area contributed by atoms with E-state index in [2.05, 4.69) is 22.5 Å². The summed E-state index contributed by atoms with van der Waals surface area (Å²) in [5.74, 6) is -0.429. The summed E-state index contributed by atoms with van der Waals surface area (Å²) in [6.45, 7) is 9.96. The van der Waals surface area contributed by atoms with Crippen LogP contribution in [0.25, 0.3) is 11.0 Å². The number of aromatic nitrogens is 2. The predicted molar refractivity (Wildman–Crippen MR) is 127 cm³/mol. The van der Waals surface area contributed by atoms with Crippen LogP contribution < -0.4 is 10.6 Å². The number of carbonyl (C=O) groups excluding carboxylic acids is 2. The van der Waals surface area contributed by atoms with E-state index in [4.69, 9.17) is 0 Å². The molecule has 0 aliphatic carbocycles. The van der Waals surface area contributed by atoms with Crippen molar-refractivity contribution in [2.24, 2.45) is 0 Å². The van der Waals surface area contributed by atoms with Crippen molar-refractivity contribution < 1.29 is 18.0 Å². The maximum Gasteiger partial charge on any atom is 0.321 e. The fraction of sp³-hybridized carbons (Fsp3) is 0.571. The van der Waals surface area contributed by atoms with Crippen LogP contribution in [0.1, 0.15) is 47.5 Å². The van der Waals surface area contributed by atoms with Crippen LogP contribution in [0.3, 0.4) is 0 Å². The quantitative estimate of drug-likeness (QED) is 0.558. The Morgan fingerprint density at radius 1 is 1.25 bits per heavy atom. The maximum atomic E-state index is 12.5. The van der Waals surface area contributed by atoms with Crippen LogP contribution >= 0.6 is 11.8 Å². The lowest BCUT2D eigenvalue weighted by Crippen LogP contribution is -2.49. The molecule has 0 saturated carbocycles. The van der Waals surface area contributed by atoms with Gasteiger partial charge in [-0.15, -0.1) is 0 Å². The third kappa shape index (κ3) is 6.46. The fourth-order valence-electron chi connectivity index (χ4n) is 2.88. The van der Waals surface area contributed by atoms with Crippen molar-refractivity contribution in [2.45, 2.75) is 74.8 Å². The molecule has 0 aliphatic heterocycles. The summed E-state index contributed by atoms with van der Waals surface area (Å²) in [5, 5.41) is 5.08. The minimum absolute atomic E-state index is 0.163. The lowest BCUT2D eigenvalue weighted by Gasteiger charge is -2.21. The first-order chi connectivity index (χ1) is 14.8. The van der Waals surface area contributed by atoms with Gasteiger partial charge in [0.1, 0.15) is 0 Å². The number of sulfonamides is 1. The first-order valence-electron chi connectivity index (χ1n) is 10.5. The zero-order valence-corrected chi connectivity index (χ0v) is 21.4. The van der Waals surface area contributed by atoms with Gasteiger partial charge in [-0.3, -0.25) is 10.1 Å². The molecule has 11 heteroatoms. The molecule has 0 fully saturated rings. The zero-order chi connectivity index (χ0) is 24.3. The highest BCUT2D eigenvalue weighted by atomic mass is 32.2. The molecular weight excluding hydrogens is 450 g/mol. The van der Waals surface area contributed by atoms with Crippen molar-refractivity contribution in [3.8, 4) is 0 Å². The Kier molecular flexibility index (Phi) is 8.35. The van der Waals surface area contributed by atoms with Gasteiger partial charge in [-0.05, 0) is 52.3 Å². The highest BCUT2D eigenvalue weighted by Crippen LogP contribution is 2.29. The summed E-state index contributed by atoms with van der Waals surface area (Å²) in [7, 11) is -0.619. The minimum atomic E-state index is -3.59. The highest BCUT2D eigenvalue weighted by Gasteiger charge is 2.24. The van der Waals surface area contributed by atoms with Gasteiger partial charge in [0, 0.05) is 26.2 Å². The first-order valence-corrected chi connectivity index (χ1v) is 12.8. The molecule has 9 nitrogen and oxygen atoms in total. The molecule has 1 heterocycles. The third-order valence-electron chi connectivity index (χ3n) is 4.58. The van der Waals surface area contributed by atoms with Gasteiger partial charge in [-0.25, -0.2) is 22.5 Å². The van der Waals surface area contributed by atoms with Crippen LogP contribution in [0.15, 0.2) is 28.3 Å². The Labute approximate surface area is 194 Å². The Morgan fingerprint density at radius 3 is 2.47 bits per heavy atom. The van der Waals surface area contributed by atoms with Crippen molar-refractivity contribution in [3.63, 3.8) is 0 Å². The number of imide groups is 1. The Bertz CT molecular complexity index is 1090. The van der Waals surface area contributed by atoms with Crippen molar-refractivity contribution in [1.82, 2.24) is 24.5 Å². The van der Waals surface area contributed by atoms with Gasteiger partial charge in [0.2, 0.25) is 15.9 Å². The van der Waals surface area contributed by atoms with Gasteiger partial charge >= 0.3 is 6.03 Å². The van der Waals surface area contributed by atoms with E-state index >= 15 is 0 Å². The average molecular weight is 484 g/mol. The Hall–Kier alpha value is -2.11. The number of fused-ring (bicyclic) bond motifs is 1. The van der Waals surface area contributed by atoms with Crippen LogP contribution in [0, 0.1) is 0 Å².